The van der Waals surface area contributed by atoms with Crippen LogP contribution < -0.4 is 5.32 Å². The molecule has 4 rings (SSSR count). The van der Waals surface area contributed by atoms with Crippen LogP contribution in [0.1, 0.15) is 65.7 Å². The van der Waals surface area contributed by atoms with Crippen LogP contribution in [0.15, 0.2) is 42.5 Å². The lowest BCUT2D eigenvalue weighted by atomic mass is 9.89. The van der Waals surface area contributed by atoms with Gasteiger partial charge in [0, 0.05) is 5.56 Å². The summed E-state index contributed by atoms with van der Waals surface area (Å²) in [7, 11) is 0. The molecule has 2 aromatic rings. The Morgan fingerprint density at radius 1 is 1.07 bits per heavy atom. The summed E-state index contributed by atoms with van der Waals surface area (Å²) in [5, 5.41) is 2.80. The van der Waals surface area contributed by atoms with Gasteiger partial charge in [0.1, 0.15) is 5.54 Å². The number of aryl methyl sites for hydroxylation is 2. The van der Waals surface area contributed by atoms with Gasteiger partial charge in [-0.2, -0.15) is 0 Å². The minimum atomic E-state index is -1.14. The van der Waals surface area contributed by atoms with Crippen molar-refractivity contribution in [1.29, 1.82) is 0 Å². The number of carbonyl (C=O) groups is 3. The quantitative estimate of drug-likeness (QED) is 0.621. The zero-order valence-corrected chi connectivity index (χ0v) is 17.1. The lowest BCUT2D eigenvalue weighted by Gasteiger charge is -2.23. The second-order valence-electron chi connectivity index (χ2n) is 8.48. The average molecular weight is 390 g/mol. The number of amides is 3. The molecule has 5 heteroatoms. The molecular formula is C24H26N2O3. The summed E-state index contributed by atoms with van der Waals surface area (Å²) >= 11 is 0. The lowest BCUT2D eigenvalue weighted by Crippen LogP contribution is -2.41. The molecule has 2 aromatic carbocycles. The molecule has 2 aliphatic rings. The van der Waals surface area contributed by atoms with Crippen molar-refractivity contribution < 1.29 is 14.4 Å². The maximum absolute atomic E-state index is 13.1. The van der Waals surface area contributed by atoms with Crippen molar-refractivity contribution in [1.82, 2.24) is 10.2 Å². The maximum atomic E-state index is 13.1. The van der Waals surface area contributed by atoms with Gasteiger partial charge in [0.25, 0.3) is 5.91 Å². The molecule has 0 radical (unpaired) electrons. The fourth-order valence-corrected chi connectivity index (χ4v) is 4.21. The van der Waals surface area contributed by atoms with Crippen molar-refractivity contribution >= 4 is 17.7 Å². The van der Waals surface area contributed by atoms with Gasteiger partial charge in [-0.25, -0.2) is 4.79 Å². The van der Waals surface area contributed by atoms with Crippen molar-refractivity contribution in [3.05, 3.63) is 70.3 Å². The first-order valence-corrected chi connectivity index (χ1v) is 10.2. The predicted molar refractivity (Wildman–Crippen MR) is 111 cm³/mol. The molecule has 1 saturated heterocycles. The third-order valence-corrected chi connectivity index (χ3v) is 6.15. The van der Waals surface area contributed by atoms with E-state index in [0.717, 1.165) is 35.3 Å². The molecule has 1 unspecified atom stereocenters. The predicted octanol–water partition coefficient (Wildman–Crippen LogP) is 3.95. The summed E-state index contributed by atoms with van der Waals surface area (Å²) in [6.45, 7) is 5.63. The van der Waals surface area contributed by atoms with Crippen LogP contribution in [0.3, 0.4) is 0 Å². The molecule has 0 aromatic heterocycles. The molecule has 150 valence electrons. The number of carbonyl (C=O) groups excluding carboxylic acids is 3. The van der Waals surface area contributed by atoms with Crippen LogP contribution in [-0.4, -0.2) is 29.2 Å². The topological polar surface area (TPSA) is 66.5 Å². The molecule has 1 aliphatic carbocycles. The highest BCUT2D eigenvalue weighted by Crippen LogP contribution is 2.32. The molecule has 1 fully saturated rings. The number of Topliss-reactive ketones (excluding diaryl/α,β-unsaturated/α-hetero) is 1. The van der Waals surface area contributed by atoms with Crippen LogP contribution in [-0.2, 0) is 23.2 Å². The Labute approximate surface area is 171 Å². The Hall–Kier alpha value is -2.95. The number of hydrogen-bond donors (Lipinski definition) is 1. The van der Waals surface area contributed by atoms with Crippen LogP contribution in [0.5, 0.6) is 0 Å². The fourth-order valence-electron chi connectivity index (χ4n) is 4.21. The second-order valence-corrected chi connectivity index (χ2v) is 8.48. The summed E-state index contributed by atoms with van der Waals surface area (Å²) in [6.07, 6.45) is 3.17. The first-order chi connectivity index (χ1) is 13.8. The third kappa shape index (κ3) is 3.35. The molecule has 1 heterocycles. The molecule has 1 N–H and O–H groups in total. The average Bonchev–Trinajstić information content (AvgIpc) is 3.26. The fraction of sp³-hybridized carbons (Fsp3) is 0.375. The largest absolute Gasteiger partial charge is 0.325 e. The molecule has 1 aliphatic heterocycles. The van der Waals surface area contributed by atoms with E-state index in [4.69, 9.17) is 0 Å². The summed E-state index contributed by atoms with van der Waals surface area (Å²) in [4.78, 5) is 39.4. The SMILES string of the molecule is CC(C)c1ccc(C(=O)CN2C(=O)NC(C)(c3ccc4c(c3)CCC4)C2=O)cc1. The van der Waals surface area contributed by atoms with Crippen LogP contribution in [0.2, 0.25) is 0 Å². The summed E-state index contributed by atoms with van der Waals surface area (Å²) in [5.74, 6) is -0.257. The van der Waals surface area contributed by atoms with Crippen LogP contribution >= 0.6 is 0 Å². The van der Waals surface area contributed by atoms with Crippen molar-refractivity contribution in [3.8, 4) is 0 Å². The summed E-state index contributed by atoms with van der Waals surface area (Å²) in [5.41, 5.74) is 3.82. The number of imide groups is 1. The van der Waals surface area contributed by atoms with Gasteiger partial charge >= 0.3 is 6.03 Å². The normalized spacial score (nSPS) is 20.9. The molecule has 29 heavy (non-hydrogen) atoms. The standard InChI is InChI=1S/C24H26N2O3/c1-15(2)16-7-9-18(10-8-16)21(27)14-26-22(28)24(3,25-23(26)29)20-12-11-17-5-4-6-19(17)13-20/h7-13,15H,4-6,14H2,1-3H3,(H,25,29). The van der Waals surface area contributed by atoms with Crippen molar-refractivity contribution in [3.63, 3.8) is 0 Å². The van der Waals surface area contributed by atoms with E-state index >= 15 is 0 Å². The van der Waals surface area contributed by atoms with Gasteiger partial charge in [-0.15, -0.1) is 0 Å². The number of benzene rings is 2. The summed E-state index contributed by atoms with van der Waals surface area (Å²) in [6, 6.07) is 12.8. The first-order valence-electron chi connectivity index (χ1n) is 10.2. The number of hydrogen-bond acceptors (Lipinski definition) is 3. The zero-order chi connectivity index (χ0) is 20.8. The number of ketones is 1. The number of urea groups is 1. The van der Waals surface area contributed by atoms with Gasteiger partial charge < -0.3 is 5.32 Å². The van der Waals surface area contributed by atoms with Crippen molar-refractivity contribution in [2.75, 3.05) is 6.54 Å². The second kappa shape index (κ2) is 7.14. The van der Waals surface area contributed by atoms with E-state index in [0.29, 0.717) is 11.5 Å². The van der Waals surface area contributed by atoms with Crippen molar-refractivity contribution in [2.45, 2.75) is 51.5 Å². The number of nitrogens with zero attached hydrogens (tertiary/aromatic N) is 1. The summed E-state index contributed by atoms with van der Waals surface area (Å²) < 4.78 is 0. The molecular weight excluding hydrogens is 364 g/mol. The van der Waals surface area contributed by atoms with E-state index < -0.39 is 11.6 Å². The first kappa shape index (κ1) is 19.4. The van der Waals surface area contributed by atoms with Gasteiger partial charge in [-0.1, -0.05) is 56.3 Å². The highest BCUT2D eigenvalue weighted by atomic mass is 16.2. The third-order valence-electron chi connectivity index (χ3n) is 6.15. The van der Waals surface area contributed by atoms with E-state index in [1.807, 2.05) is 30.3 Å². The molecule has 0 bridgehead atoms. The van der Waals surface area contributed by atoms with Gasteiger partial charge in [0.05, 0.1) is 6.54 Å². The highest BCUT2D eigenvalue weighted by molar-refractivity contribution is 6.11. The molecule has 0 saturated carbocycles. The Balaban J connectivity index is 1.54. The molecule has 1 atom stereocenters. The monoisotopic (exact) mass is 390 g/mol. The number of fused-ring (bicyclic) bond motifs is 1. The van der Waals surface area contributed by atoms with Crippen LogP contribution in [0, 0.1) is 0 Å². The smallest absolute Gasteiger partial charge is 0.319 e. The Morgan fingerprint density at radius 2 is 1.76 bits per heavy atom. The highest BCUT2D eigenvalue weighted by Gasteiger charge is 2.49. The lowest BCUT2D eigenvalue weighted by molar-refractivity contribution is -0.130. The molecule has 3 amide bonds. The van der Waals surface area contributed by atoms with E-state index in [1.54, 1.807) is 19.1 Å². The van der Waals surface area contributed by atoms with E-state index in [1.165, 1.54) is 11.1 Å². The van der Waals surface area contributed by atoms with E-state index in [2.05, 4.69) is 19.2 Å². The van der Waals surface area contributed by atoms with Crippen LogP contribution in [0.4, 0.5) is 4.79 Å². The zero-order valence-electron chi connectivity index (χ0n) is 17.1. The minimum Gasteiger partial charge on any atom is -0.319 e. The van der Waals surface area contributed by atoms with E-state index in [9.17, 15) is 14.4 Å². The number of nitrogens with one attached hydrogen (secondary N) is 1. The number of rotatable bonds is 5. The Bertz CT molecular complexity index is 994. The van der Waals surface area contributed by atoms with Crippen LogP contribution in [0.25, 0.3) is 0 Å². The maximum Gasteiger partial charge on any atom is 0.325 e. The molecule has 0 spiro atoms. The van der Waals surface area contributed by atoms with Crippen molar-refractivity contribution in [2.24, 2.45) is 0 Å². The van der Waals surface area contributed by atoms with Gasteiger partial charge in [0.2, 0.25) is 0 Å². The van der Waals surface area contributed by atoms with Gasteiger partial charge in [-0.05, 0) is 54.4 Å². The molecule has 5 nitrogen and oxygen atoms in total. The van der Waals surface area contributed by atoms with Gasteiger partial charge in [-0.3, -0.25) is 14.5 Å². The minimum absolute atomic E-state index is 0.248. The Morgan fingerprint density at radius 3 is 2.45 bits per heavy atom. The Kier molecular flexibility index (Phi) is 4.77. The van der Waals surface area contributed by atoms with E-state index in [-0.39, 0.29) is 18.2 Å². The van der Waals surface area contributed by atoms with Gasteiger partial charge in [0.15, 0.2) is 5.78 Å².